The van der Waals surface area contributed by atoms with Crippen LogP contribution >= 0.6 is 11.8 Å². The fourth-order valence-electron chi connectivity index (χ4n) is 3.24. The van der Waals surface area contributed by atoms with Crippen LogP contribution in [0, 0.1) is 11.7 Å². The van der Waals surface area contributed by atoms with Crippen LogP contribution in [0.4, 0.5) is 10.1 Å². The molecule has 1 atom stereocenters. The number of rotatable bonds is 6. The molecule has 1 aliphatic heterocycles. The molecular formula is C20H23FN2O3S2. The van der Waals surface area contributed by atoms with Crippen molar-refractivity contribution in [3.63, 3.8) is 0 Å². The predicted molar refractivity (Wildman–Crippen MR) is 110 cm³/mol. The number of benzene rings is 2. The van der Waals surface area contributed by atoms with Crippen LogP contribution in [0.1, 0.15) is 18.4 Å². The molecule has 1 heterocycles. The summed E-state index contributed by atoms with van der Waals surface area (Å²) in [5, 5.41) is 2.90. The molecule has 0 aliphatic carbocycles. The van der Waals surface area contributed by atoms with Gasteiger partial charge in [-0.1, -0.05) is 18.2 Å². The van der Waals surface area contributed by atoms with E-state index in [0.29, 0.717) is 30.6 Å². The Labute approximate surface area is 169 Å². The number of hydrogen-bond acceptors (Lipinski definition) is 4. The van der Waals surface area contributed by atoms with Gasteiger partial charge in [-0.3, -0.25) is 4.79 Å². The first-order chi connectivity index (χ1) is 13.4. The van der Waals surface area contributed by atoms with E-state index in [-0.39, 0.29) is 18.2 Å². The second-order valence-corrected chi connectivity index (χ2v) is 9.65. The van der Waals surface area contributed by atoms with Crippen molar-refractivity contribution in [3.8, 4) is 0 Å². The summed E-state index contributed by atoms with van der Waals surface area (Å²) in [5.74, 6) is -1.16. The van der Waals surface area contributed by atoms with E-state index >= 15 is 0 Å². The zero-order valence-corrected chi connectivity index (χ0v) is 17.2. The van der Waals surface area contributed by atoms with Gasteiger partial charge >= 0.3 is 0 Å². The van der Waals surface area contributed by atoms with Crippen molar-refractivity contribution in [3.05, 3.63) is 59.9 Å². The number of nitrogens with zero attached hydrogens (tertiary/aromatic N) is 1. The Morgan fingerprint density at radius 3 is 2.71 bits per heavy atom. The highest BCUT2D eigenvalue weighted by molar-refractivity contribution is 7.98. The molecule has 8 heteroatoms. The average molecular weight is 423 g/mol. The van der Waals surface area contributed by atoms with Crippen LogP contribution in [0.3, 0.4) is 0 Å². The van der Waals surface area contributed by atoms with Crippen LogP contribution in [0.5, 0.6) is 0 Å². The largest absolute Gasteiger partial charge is 0.326 e. The molecule has 0 spiro atoms. The minimum atomic E-state index is -3.57. The second kappa shape index (κ2) is 9.07. The highest BCUT2D eigenvalue weighted by Crippen LogP contribution is 2.24. The lowest BCUT2D eigenvalue weighted by molar-refractivity contribution is -0.120. The molecule has 0 unspecified atom stereocenters. The van der Waals surface area contributed by atoms with Gasteiger partial charge in [-0.2, -0.15) is 0 Å². The smallest absolute Gasteiger partial charge is 0.228 e. The lowest BCUT2D eigenvalue weighted by Crippen LogP contribution is -2.44. The van der Waals surface area contributed by atoms with E-state index in [1.54, 1.807) is 11.8 Å². The van der Waals surface area contributed by atoms with E-state index in [4.69, 9.17) is 0 Å². The molecule has 0 saturated carbocycles. The predicted octanol–water partition coefficient (Wildman–Crippen LogP) is 3.73. The third kappa shape index (κ3) is 5.33. The quantitative estimate of drug-likeness (QED) is 0.721. The van der Waals surface area contributed by atoms with Gasteiger partial charge < -0.3 is 5.32 Å². The zero-order valence-electron chi connectivity index (χ0n) is 15.6. The summed E-state index contributed by atoms with van der Waals surface area (Å²) in [6, 6.07) is 13.0. The number of thioether (sulfide) groups is 1. The SMILES string of the molecule is CSc1cccc(NC(=O)[C@@H]2CCCN(S(=O)(=O)Cc3ccc(F)cc3)C2)c1. The number of sulfonamides is 1. The minimum Gasteiger partial charge on any atom is -0.326 e. The van der Waals surface area contributed by atoms with Crippen molar-refractivity contribution in [1.82, 2.24) is 4.31 Å². The summed E-state index contributed by atoms with van der Waals surface area (Å²) in [6.45, 7) is 0.562. The number of piperidine rings is 1. The maximum atomic E-state index is 13.0. The number of anilines is 1. The second-order valence-electron chi connectivity index (χ2n) is 6.80. The average Bonchev–Trinajstić information content (AvgIpc) is 2.70. The van der Waals surface area contributed by atoms with Crippen molar-refractivity contribution in [2.24, 2.45) is 5.92 Å². The molecule has 1 aliphatic rings. The molecule has 2 aromatic rings. The zero-order chi connectivity index (χ0) is 20.1. The van der Waals surface area contributed by atoms with Crippen LogP contribution in [0.15, 0.2) is 53.4 Å². The van der Waals surface area contributed by atoms with Crippen LogP contribution in [-0.2, 0) is 20.6 Å². The van der Waals surface area contributed by atoms with Gasteiger partial charge in [-0.15, -0.1) is 11.8 Å². The molecule has 0 aromatic heterocycles. The Morgan fingerprint density at radius 2 is 2.00 bits per heavy atom. The summed E-state index contributed by atoms with van der Waals surface area (Å²) < 4.78 is 39.9. The van der Waals surface area contributed by atoms with Gasteiger partial charge in [0, 0.05) is 23.7 Å². The first-order valence-electron chi connectivity index (χ1n) is 9.04. The molecule has 150 valence electrons. The number of carbonyl (C=O) groups is 1. The number of halogens is 1. The van der Waals surface area contributed by atoms with E-state index in [9.17, 15) is 17.6 Å². The number of hydrogen-bond donors (Lipinski definition) is 1. The normalized spacial score (nSPS) is 18.0. The van der Waals surface area contributed by atoms with Gasteiger partial charge in [-0.25, -0.2) is 17.1 Å². The van der Waals surface area contributed by atoms with Gasteiger partial charge in [0.25, 0.3) is 0 Å². The summed E-state index contributed by atoms with van der Waals surface area (Å²) in [6.07, 6.45) is 3.24. The Morgan fingerprint density at radius 1 is 1.25 bits per heavy atom. The van der Waals surface area contributed by atoms with Gasteiger partial charge in [-0.05, 0) is 55.0 Å². The molecular weight excluding hydrogens is 399 g/mol. The van der Waals surface area contributed by atoms with Crippen LogP contribution in [0.2, 0.25) is 0 Å². The van der Waals surface area contributed by atoms with Crippen molar-refractivity contribution >= 4 is 33.4 Å². The van der Waals surface area contributed by atoms with Gasteiger partial charge in [0.15, 0.2) is 0 Å². The minimum absolute atomic E-state index is 0.164. The van der Waals surface area contributed by atoms with E-state index in [1.165, 1.54) is 28.6 Å². The summed E-state index contributed by atoms with van der Waals surface area (Å²) in [7, 11) is -3.57. The third-order valence-electron chi connectivity index (χ3n) is 4.75. The fraction of sp³-hybridized carbons (Fsp3) is 0.350. The van der Waals surface area contributed by atoms with Crippen LogP contribution in [-0.4, -0.2) is 38.0 Å². The number of amides is 1. The lowest BCUT2D eigenvalue weighted by atomic mass is 9.99. The Kier molecular flexibility index (Phi) is 6.74. The topological polar surface area (TPSA) is 66.5 Å². The maximum absolute atomic E-state index is 13.0. The van der Waals surface area contributed by atoms with Gasteiger partial charge in [0.1, 0.15) is 5.82 Å². The molecule has 1 saturated heterocycles. The van der Waals surface area contributed by atoms with Gasteiger partial charge in [0.2, 0.25) is 15.9 Å². The molecule has 1 fully saturated rings. The molecule has 28 heavy (non-hydrogen) atoms. The first kappa shape index (κ1) is 20.8. The van der Waals surface area contributed by atoms with E-state index < -0.39 is 21.8 Å². The molecule has 0 bridgehead atoms. The first-order valence-corrected chi connectivity index (χ1v) is 11.9. The van der Waals surface area contributed by atoms with Gasteiger partial charge in [0.05, 0.1) is 11.7 Å². The van der Waals surface area contributed by atoms with Crippen LogP contribution in [0.25, 0.3) is 0 Å². The summed E-state index contributed by atoms with van der Waals surface area (Å²) >= 11 is 1.59. The van der Waals surface area contributed by atoms with E-state index in [1.807, 2.05) is 30.5 Å². The highest BCUT2D eigenvalue weighted by atomic mass is 32.2. The van der Waals surface area contributed by atoms with E-state index in [0.717, 1.165) is 4.90 Å². The van der Waals surface area contributed by atoms with Crippen LogP contribution < -0.4 is 5.32 Å². The Hall–Kier alpha value is -1.90. The number of carbonyl (C=O) groups excluding carboxylic acids is 1. The summed E-state index contributed by atoms with van der Waals surface area (Å²) in [5.41, 5.74) is 1.24. The maximum Gasteiger partial charge on any atom is 0.228 e. The standard InChI is InChI=1S/C20H23FN2O3S2/c1-27-19-6-2-5-18(12-19)22-20(24)16-4-3-11-23(13-16)28(25,26)14-15-7-9-17(21)10-8-15/h2,5-10,12,16H,3-4,11,13-14H2,1H3,(H,22,24)/t16-/m1/s1. The molecule has 3 rings (SSSR count). The molecule has 5 nitrogen and oxygen atoms in total. The van der Waals surface area contributed by atoms with E-state index in [2.05, 4.69) is 5.32 Å². The summed E-state index contributed by atoms with van der Waals surface area (Å²) in [4.78, 5) is 13.7. The molecule has 1 amide bonds. The Balaban J connectivity index is 1.65. The third-order valence-corrected chi connectivity index (χ3v) is 7.29. The molecule has 0 radical (unpaired) electrons. The van der Waals surface area contributed by atoms with Crippen molar-refractivity contribution in [2.45, 2.75) is 23.5 Å². The monoisotopic (exact) mass is 422 g/mol. The molecule has 2 aromatic carbocycles. The van der Waals surface area contributed by atoms with Crippen molar-refractivity contribution < 1.29 is 17.6 Å². The number of nitrogens with one attached hydrogen (secondary N) is 1. The molecule has 1 N–H and O–H groups in total. The lowest BCUT2D eigenvalue weighted by Gasteiger charge is -2.31. The van der Waals surface area contributed by atoms with Crippen molar-refractivity contribution in [2.75, 3.05) is 24.7 Å². The highest BCUT2D eigenvalue weighted by Gasteiger charge is 2.32. The van der Waals surface area contributed by atoms with Crippen molar-refractivity contribution in [1.29, 1.82) is 0 Å². The fourth-order valence-corrected chi connectivity index (χ4v) is 5.31. The Bertz CT molecular complexity index is 933.